The Morgan fingerprint density at radius 1 is 1.00 bits per heavy atom. The van der Waals surface area contributed by atoms with Gasteiger partial charge in [-0.15, -0.1) is 0 Å². The summed E-state index contributed by atoms with van der Waals surface area (Å²) in [6.45, 7) is 6.12. The van der Waals surface area contributed by atoms with Crippen molar-refractivity contribution in [2.75, 3.05) is 45.9 Å². The van der Waals surface area contributed by atoms with E-state index in [9.17, 15) is 33.9 Å². The molecule has 4 amide bonds. The van der Waals surface area contributed by atoms with Crippen molar-refractivity contribution in [1.82, 2.24) is 30.7 Å². The Morgan fingerprint density at radius 2 is 1.70 bits per heavy atom. The van der Waals surface area contributed by atoms with Gasteiger partial charge in [0.15, 0.2) is 0 Å². The molecule has 0 unspecified atom stereocenters. The van der Waals surface area contributed by atoms with Gasteiger partial charge in [0.05, 0.1) is 25.3 Å². The summed E-state index contributed by atoms with van der Waals surface area (Å²) >= 11 is 0. The number of nitrogens with one attached hydrogen (secondary N) is 4. The zero-order valence-electron chi connectivity index (χ0n) is 25.1. The van der Waals surface area contributed by atoms with Crippen LogP contribution in [0.15, 0.2) is 23.0 Å². The number of nitrogens with zero attached hydrogens (tertiary/aromatic N) is 2. The first-order chi connectivity index (χ1) is 20.9. The van der Waals surface area contributed by atoms with Gasteiger partial charge in [0.1, 0.15) is 23.9 Å². The number of benzene rings is 1. The van der Waals surface area contributed by atoms with Crippen LogP contribution in [-0.2, 0) is 37.5 Å². The van der Waals surface area contributed by atoms with Crippen LogP contribution in [0.2, 0.25) is 0 Å². The number of carbonyl (C=O) groups excluding carboxylic acids is 4. The minimum absolute atomic E-state index is 0.00116. The normalized spacial score (nSPS) is 14.2. The van der Waals surface area contributed by atoms with Crippen molar-refractivity contribution in [3.05, 3.63) is 39.7 Å². The molecule has 0 spiro atoms. The molecule has 1 fully saturated rings. The third-order valence-corrected chi connectivity index (χ3v) is 7.09. The maximum absolute atomic E-state index is 12.9. The molecule has 0 saturated carbocycles. The predicted octanol–water partition coefficient (Wildman–Crippen LogP) is -0.956. The Kier molecular flexibility index (Phi) is 12.2. The van der Waals surface area contributed by atoms with E-state index in [1.165, 1.54) is 19.2 Å². The molecule has 1 saturated heterocycles. The maximum atomic E-state index is 12.9. The number of ether oxygens (including phenoxy) is 1. The number of carboxylic acids is 1. The molecule has 1 atom stereocenters. The van der Waals surface area contributed by atoms with Crippen molar-refractivity contribution in [2.24, 2.45) is 13.0 Å². The quantitative estimate of drug-likeness (QED) is 0.153. The molecule has 1 aromatic heterocycles. The van der Waals surface area contributed by atoms with Gasteiger partial charge in [-0.1, -0.05) is 19.9 Å². The number of aromatic hydroxyl groups is 1. The van der Waals surface area contributed by atoms with Crippen LogP contribution in [0.3, 0.4) is 0 Å². The Balaban J connectivity index is 1.58. The number of carboxylic acid groups (broad SMARTS) is 1. The minimum Gasteiger partial charge on any atom is -0.506 e. The molecule has 2 heterocycles. The van der Waals surface area contributed by atoms with Crippen LogP contribution < -0.4 is 26.8 Å². The van der Waals surface area contributed by atoms with Crippen molar-refractivity contribution < 1.29 is 38.9 Å². The lowest BCUT2D eigenvalue weighted by molar-refractivity contribution is -0.135. The van der Waals surface area contributed by atoms with Gasteiger partial charge in [-0.05, 0) is 30.0 Å². The summed E-state index contributed by atoms with van der Waals surface area (Å²) in [7, 11) is 1.40. The summed E-state index contributed by atoms with van der Waals surface area (Å²) in [6.07, 6.45) is 0.641. The number of hydrogen-bond donors (Lipinski definition) is 6. The lowest BCUT2D eigenvalue weighted by Gasteiger charge is -2.26. The minimum atomic E-state index is -1.32. The molecule has 0 aliphatic carbocycles. The highest BCUT2D eigenvalue weighted by Crippen LogP contribution is 2.27. The van der Waals surface area contributed by atoms with E-state index in [2.05, 4.69) is 26.2 Å². The van der Waals surface area contributed by atoms with E-state index in [1.807, 2.05) is 13.8 Å². The Labute approximate surface area is 253 Å². The van der Waals surface area contributed by atoms with Crippen molar-refractivity contribution in [2.45, 2.75) is 39.3 Å². The summed E-state index contributed by atoms with van der Waals surface area (Å²) in [6, 6.07) is 3.85. The summed E-state index contributed by atoms with van der Waals surface area (Å²) in [5.41, 5.74) is -0.575. The van der Waals surface area contributed by atoms with E-state index in [4.69, 9.17) is 9.84 Å². The van der Waals surface area contributed by atoms with E-state index >= 15 is 0 Å². The summed E-state index contributed by atoms with van der Waals surface area (Å²) in [4.78, 5) is 75.9. The van der Waals surface area contributed by atoms with Crippen LogP contribution in [-0.4, -0.2) is 101 Å². The van der Waals surface area contributed by atoms with Crippen LogP contribution in [0.25, 0.3) is 10.9 Å². The molecule has 15 nitrogen and oxygen atoms in total. The van der Waals surface area contributed by atoms with Gasteiger partial charge in [0.2, 0.25) is 17.7 Å². The summed E-state index contributed by atoms with van der Waals surface area (Å²) in [5, 5.41) is 29.7. The highest BCUT2D eigenvalue weighted by atomic mass is 16.5. The number of aliphatic carboxylic acids is 1. The molecular formula is C29H40N6O9. The SMILES string of the molecule is CC(C)C[C@H](NC(=O)CCN1CCOCC1)C(=O)NCC(=O)NCc1ccc2c(c1)c(O)c(C(=O)NCC(=O)O)c(=O)n2C. The molecule has 1 aliphatic rings. The van der Waals surface area contributed by atoms with Gasteiger partial charge < -0.3 is 40.8 Å². The Morgan fingerprint density at radius 3 is 2.36 bits per heavy atom. The highest BCUT2D eigenvalue weighted by molar-refractivity contribution is 6.03. The average Bonchev–Trinajstić information content (AvgIpc) is 2.99. The average molecular weight is 617 g/mol. The van der Waals surface area contributed by atoms with Crippen molar-refractivity contribution >= 4 is 40.5 Å². The second-order valence-corrected chi connectivity index (χ2v) is 11.0. The summed E-state index contributed by atoms with van der Waals surface area (Å²) in [5.74, 6) is -4.07. The van der Waals surface area contributed by atoms with Crippen LogP contribution in [0.4, 0.5) is 0 Å². The molecule has 0 bridgehead atoms. The fraction of sp³-hybridized carbons (Fsp3) is 0.517. The van der Waals surface area contributed by atoms with Crippen LogP contribution >= 0.6 is 0 Å². The monoisotopic (exact) mass is 616 g/mol. The number of fused-ring (bicyclic) bond motifs is 1. The molecule has 15 heteroatoms. The van der Waals surface area contributed by atoms with E-state index < -0.39 is 53.1 Å². The topological polar surface area (TPSA) is 208 Å². The highest BCUT2D eigenvalue weighted by Gasteiger charge is 2.24. The van der Waals surface area contributed by atoms with Crippen molar-refractivity contribution in [3.8, 4) is 5.75 Å². The maximum Gasteiger partial charge on any atom is 0.322 e. The first kappa shape index (κ1) is 34.0. The molecule has 44 heavy (non-hydrogen) atoms. The zero-order chi connectivity index (χ0) is 32.4. The van der Waals surface area contributed by atoms with Crippen molar-refractivity contribution in [3.63, 3.8) is 0 Å². The number of pyridine rings is 1. The molecule has 3 rings (SSSR count). The van der Waals surface area contributed by atoms with Gasteiger partial charge >= 0.3 is 5.97 Å². The third kappa shape index (κ3) is 9.50. The lowest BCUT2D eigenvalue weighted by Crippen LogP contribution is -2.50. The van der Waals surface area contributed by atoms with E-state index in [1.54, 1.807) is 6.07 Å². The number of morpholine rings is 1. The van der Waals surface area contributed by atoms with Crippen LogP contribution in [0.5, 0.6) is 5.75 Å². The van der Waals surface area contributed by atoms with Gasteiger partial charge in [-0.3, -0.25) is 33.7 Å². The number of aromatic nitrogens is 1. The second-order valence-electron chi connectivity index (χ2n) is 11.0. The van der Waals surface area contributed by atoms with Gasteiger partial charge in [0.25, 0.3) is 11.5 Å². The lowest BCUT2D eigenvalue weighted by atomic mass is 10.0. The first-order valence-corrected chi connectivity index (χ1v) is 14.4. The molecular weight excluding hydrogens is 576 g/mol. The predicted molar refractivity (Wildman–Crippen MR) is 159 cm³/mol. The van der Waals surface area contributed by atoms with E-state index in [-0.39, 0.29) is 36.7 Å². The third-order valence-electron chi connectivity index (χ3n) is 7.09. The molecule has 2 aromatic rings. The molecule has 1 aliphatic heterocycles. The van der Waals surface area contributed by atoms with Crippen LogP contribution in [0, 0.1) is 5.92 Å². The number of carbonyl (C=O) groups is 5. The standard InChI is InChI=1S/C29H40N6O9/c1-17(2)12-20(33-22(36)6-7-35-8-10-44-11-9-35)27(41)31-15-23(37)30-14-18-4-5-21-19(13-18)26(40)25(29(43)34(21)3)28(42)32-16-24(38)39/h4-5,13,17,20,40H,6-12,14-16H2,1-3H3,(H,30,37)(H,31,41)(H,32,42)(H,33,36)(H,38,39)/t20-/m0/s1. The van der Waals surface area contributed by atoms with Gasteiger partial charge in [0, 0.05) is 45.0 Å². The molecule has 1 aromatic carbocycles. The number of aryl methyl sites for hydroxylation is 1. The first-order valence-electron chi connectivity index (χ1n) is 14.4. The molecule has 0 radical (unpaired) electrons. The second kappa shape index (κ2) is 15.8. The molecule has 240 valence electrons. The van der Waals surface area contributed by atoms with Gasteiger partial charge in [-0.2, -0.15) is 0 Å². The Bertz CT molecular complexity index is 1450. The van der Waals surface area contributed by atoms with Crippen molar-refractivity contribution in [1.29, 1.82) is 0 Å². The van der Waals surface area contributed by atoms with Crippen LogP contribution in [0.1, 0.15) is 42.6 Å². The Hall–Kier alpha value is -4.50. The summed E-state index contributed by atoms with van der Waals surface area (Å²) < 4.78 is 6.46. The number of hydrogen-bond acceptors (Lipinski definition) is 9. The van der Waals surface area contributed by atoms with E-state index in [0.29, 0.717) is 37.3 Å². The number of rotatable bonds is 14. The number of amides is 4. The van der Waals surface area contributed by atoms with Gasteiger partial charge in [-0.25, -0.2) is 0 Å². The zero-order valence-corrected chi connectivity index (χ0v) is 25.1. The largest absolute Gasteiger partial charge is 0.506 e. The fourth-order valence-electron chi connectivity index (χ4n) is 4.74. The fourth-order valence-corrected chi connectivity index (χ4v) is 4.74. The smallest absolute Gasteiger partial charge is 0.322 e. The molecule has 6 N–H and O–H groups in total. The van der Waals surface area contributed by atoms with E-state index in [0.717, 1.165) is 17.7 Å².